The quantitative estimate of drug-likeness (QED) is 0.570. The molecule has 4 heterocycles. The first-order valence-electron chi connectivity index (χ1n) is 9.42. The van der Waals surface area contributed by atoms with Crippen LogP contribution in [0.2, 0.25) is 0 Å². The van der Waals surface area contributed by atoms with E-state index in [1.807, 2.05) is 60.9 Å². The molecule has 0 radical (unpaired) electrons. The second-order valence-electron chi connectivity index (χ2n) is 6.28. The average molecular weight is 390 g/mol. The highest BCUT2D eigenvalue weighted by Gasteiger charge is 2.01. The van der Waals surface area contributed by atoms with Gasteiger partial charge < -0.3 is 0 Å². The molecule has 2 aromatic rings. The number of nitrogens with zero attached hydrogens (tertiary/aromatic N) is 6. The lowest BCUT2D eigenvalue weighted by Crippen LogP contribution is -1.93. The summed E-state index contributed by atoms with van der Waals surface area (Å²) in [5, 5.41) is 0. The van der Waals surface area contributed by atoms with Crippen molar-refractivity contribution in [3.63, 3.8) is 0 Å². The third-order valence-electron chi connectivity index (χ3n) is 4.08. The Kier molecular flexibility index (Phi) is 6.21. The molecule has 0 saturated heterocycles. The highest BCUT2D eigenvalue weighted by molar-refractivity contribution is 6.01. The van der Waals surface area contributed by atoms with E-state index in [1.54, 1.807) is 37.1 Å². The SMILES string of the molecule is C1=CC=CC(N=Cc2ccc(-c3ccc(/C=N/C4=CC=CCC=N4)cn3)nc2)=NC=1. The summed E-state index contributed by atoms with van der Waals surface area (Å²) in [6.45, 7) is 0. The van der Waals surface area contributed by atoms with Gasteiger partial charge in [0.2, 0.25) is 0 Å². The molecule has 6 nitrogen and oxygen atoms in total. The largest absolute Gasteiger partial charge is 0.254 e. The minimum atomic E-state index is 0.612. The maximum Gasteiger partial charge on any atom is 0.152 e. The summed E-state index contributed by atoms with van der Waals surface area (Å²) in [5.74, 6) is 1.28. The lowest BCUT2D eigenvalue weighted by molar-refractivity contribution is 1.23. The van der Waals surface area contributed by atoms with Crippen molar-refractivity contribution >= 4 is 24.5 Å². The molecule has 144 valence electrons. The predicted molar refractivity (Wildman–Crippen MR) is 122 cm³/mol. The first kappa shape index (κ1) is 19.1. The van der Waals surface area contributed by atoms with Crippen LogP contribution >= 0.6 is 0 Å². The van der Waals surface area contributed by atoms with Crippen LogP contribution in [0, 0.1) is 0 Å². The van der Waals surface area contributed by atoms with Crippen molar-refractivity contribution in [1.29, 1.82) is 0 Å². The van der Waals surface area contributed by atoms with Crippen LogP contribution in [0.4, 0.5) is 0 Å². The van der Waals surface area contributed by atoms with Crippen LogP contribution in [0.3, 0.4) is 0 Å². The molecular weight excluding hydrogens is 372 g/mol. The Morgan fingerprint density at radius 2 is 1.67 bits per heavy atom. The maximum absolute atomic E-state index is 4.49. The molecule has 6 heteroatoms. The molecule has 0 unspecified atom stereocenters. The minimum Gasteiger partial charge on any atom is -0.254 e. The number of amidine groups is 1. The summed E-state index contributed by atoms with van der Waals surface area (Å²) < 4.78 is 0. The van der Waals surface area contributed by atoms with Crippen molar-refractivity contribution in [2.45, 2.75) is 6.42 Å². The fourth-order valence-electron chi connectivity index (χ4n) is 2.56. The Hall–Kier alpha value is -4.28. The molecular formula is C24H18N6. The lowest BCUT2D eigenvalue weighted by Gasteiger charge is -2.01. The van der Waals surface area contributed by atoms with E-state index in [1.165, 1.54) is 0 Å². The first-order valence-corrected chi connectivity index (χ1v) is 9.42. The number of hydrogen-bond acceptors (Lipinski definition) is 6. The Balaban J connectivity index is 1.42. The molecule has 2 aliphatic heterocycles. The lowest BCUT2D eigenvalue weighted by atomic mass is 10.2. The number of allylic oxidation sites excluding steroid dienone is 5. The van der Waals surface area contributed by atoms with Crippen LogP contribution in [0.15, 0.2) is 111 Å². The molecule has 0 spiro atoms. The van der Waals surface area contributed by atoms with Gasteiger partial charge in [-0.1, -0.05) is 18.2 Å². The van der Waals surface area contributed by atoms with Crippen molar-refractivity contribution < 1.29 is 0 Å². The third kappa shape index (κ3) is 5.38. The maximum atomic E-state index is 4.49. The highest BCUT2D eigenvalue weighted by atomic mass is 14.9. The van der Waals surface area contributed by atoms with E-state index in [0.29, 0.717) is 11.7 Å². The second kappa shape index (κ2) is 9.78. The first-order chi connectivity index (χ1) is 14.9. The van der Waals surface area contributed by atoms with E-state index < -0.39 is 0 Å². The van der Waals surface area contributed by atoms with Crippen LogP contribution in [0.5, 0.6) is 0 Å². The van der Waals surface area contributed by atoms with E-state index in [0.717, 1.165) is 28.9 Å². The van der Waals surface area contributed by atoms with Gasteiger partial charge in [-0.25, -0.2) is 20.0 Å². The number of aromatic nitrogens is 2. The summed E-state index contributed by atoms with van der Waals surface area (Å²) in [7, 11) is 0. The van der Waals surface area contributed by atoms with E-state index in [9.17, 15) is 0 Å². The van der Waals surface area contributed by atoms with Crippen molar-refractivity contribution in [3.05, 3.63) is 102 Å². The van der Waals surface area contributed by atoms with Gasteiger partial charge in [-0.05, 0) is 42.5 Å². The zero-order valence-corrected chi connectivity index (χ0v) is 16.1. The molecule has 30 heavy (non-hydrogen) atoms. The molecule has 2 aromatic heterocycles. The molecule has 2 aliphatic rings. The summed E-state index contributed by atoms with van der Waals surface area (Å²) >= 11 is 0. The van der Waals surface area contributed by atoms with Gasteiger partial charge in [0.15, 0.2) is 11.7 Å². The predicted octanol–water partition coefficient (Wildman–Crippen LogP) is 4.49. The molecule has 0 aromatic carbocycles. The number of rotatable bonds is 4. The standard InChI is InChI=1S/C24H18N6/c1-3-7-23(25-13-5-1)29-17-19-9-11-21(27-15-19)22-12-10-20(16-28-22)18-30-24-8-4-2-6-14-26-24/h1-4,7-18H,5H2/b29-17+,30-18?. The van der Waals surface area contributed by atoms with Crippen molar-refractivity contribution in [2.24, 2.45) is 20.0 Å². The number of aliphatic imine (C=N–C) groups is 4. The van der Waals surface area contributed by atoms with Gasteiger partial charge in [-0.2, -0.15) is 0 Å². The Labute approximate surface area is 174 Å². The molecule has 0 atom stereocenters. The molecule has 4 rings (SSSR count). The van der Waals surface area contributed by atoms with Gasteiger partial charge in [0.1, 0.15) is 0 Å². The Bertz CT molecular complexity index is 1110. The monoisotopic (exact) mass is 390 g/mol. The van der Waals surface area contributed by atoms with Gasteiger partial charge in [-0.15, -0.1) is 5.73 Å². The van der Waals surface area contributed by atoms with Crippen LogP contribution in [0.1, 0.15) is 17.5 Å². The van der Waals surface area contributed by atoms with E-state index in [2.05, 4.69) is 35.7 Å². The summed E-state index contributed by atoms with van der Waals surface area (Å²) in [6, 6.07) is 7.74. The molecule has 0 amide bonds. The molecule has 0 aliphatic carbocycles. The average Bonchev–Trinajstić information content (AvgIpc) is 3.22. The zero-order chi connectivity index (χ0) is 20.4. The number of pyridine rings is 2. The summed E-state index contributed by atoms with van der Waals surface area (Å²) in [6.07, 6.45) is 22.6. The summed E-state index contributed by atoms with van der Waals surface area (Å²) in [4.78, 5) is 26.2. The van der Waals surface area contributed by atoms with Crippen LogP contribution in [0.25, 0.3) is 11.4 Å². The van der Waals surface area contributed by atoms with Crippen LogP contribution < -0.4 is 0 Å². The Morgan fingerprint density at radius 3 is 2.40 bits per heavy atom. The number of hydrogen-bond donors (Lipinski definition) is 0. The van der Waals surface area contributed by atoms with Crippen molar-refractivity contribution in [3.8, 4) is 11.4 Å². The Morgan fingerprint density at radius 1 is 0.900 bits per heavy atom. The summed E-state index contributed by atoms with van der Waals surface area (Å²) in [5.41, 5.74) is 6.25. The fraction of sp³-hybridized carbons (Fsp3) is 0.0417. The van der Waals surface area contributed by atoms with Gasteiger partial charge >= 0.3 is 0 Å². The zero-order valence-electron chi connectivity index (χ0n) is 16.1. The van der Waals surface area contributed by atoms with Gasteiger partial charge in [0.25, 0.3) is 0 Å². The molecule has 0 N–H and O–H groups in total. The van der Waals surface area contributed by atoms with Gasteiger partial charge in [0, 0.05) is 48.6 Å². The van der Waals surface area contributed by atoms with Crippen LogP contribution in [-0.2, 0) is 0 Å². The minimum absolute atomic E-state index is 0.612. The topological polar surface area (TPSA) is 75.2 Å². The van der Waals surface area contributed by atoms with Crippen LogP contribution in [-0.4, -0.2) is 34.4 Å². The van der Waals surface area contributed by atoms with Gasteiger partial charge in [0.05, 0.1) is 17.6 Å². The molecule has 0 bridgehead atoms. The van der Waals surface area contributed by atoms with E-state index >= 15 is 0 Å². The smallest absolute Gasteiger partial charge is 0.152 e. The molecule has 0 fully saturated rings. The fourth-order valence-corrected chi connectivity index (χ4v) is 2.56. The van der Waals surface area contributed by atoms with Gasteiger partial charge in [-0.3, -0.25) is 9.97 Å². The highest BCUT2D eigenvalue weighted by Crippen LogP contribution is 2.14. The second-order valence-corrected chi connectivity index (χ2v) is 6.28. The van der Waals surface area contributed by atoms with Crippen molar-refractivity contribution in [2.75, 3.05) is 0 Å². The van der Waals surface area contributed by atoms with E-state index in [-0.39, 0.29) is 0 Å². The third-order valence-corrected chi connectivity index (χ3v) is 4.08. The molecule has 0 saturated carbocycles. The van der Waals surface area contributed by atoms with E-state index in [4.69, 9.17) is 0 Å². The normalized spacial score (nSPS) is 15.5. The van der Waals surface area contributed by atoms with Crippen molar-refractivity contribution in [1.82, 2.24) is 9.97 Å².